The van der Waals surface area contributed by atoms with Crippen LogP contribution in [0.4, 0.5) is 0 Å². The van der Waals surface area contributed by atoms with Crippen LogP contribution >= 0.6 is 0 Å². The Morgan fingerprint density at radius 1 is 1.21 bits per heavy atom. The Kier molecular flexibility index (Phi) is 4.88. The van der Waals surface area contributed by atoms with E-state index in [4.69, 9.17) is 4.74 Å². The number of rotatable bonds is 5. The van der Waals surface area contributed by atoms with Crippen LogP contribution in [0.25, 0.3) is 10.9 Å². The number of aromatic nitrogens is 1. The predicted octanol–water partition coefficient (Wildman–Crippen LogP) is 3.11. The van der Waals surface area contributed by atoms with Gasteiger partial charge in [0.2, 0.25) is 0 Å². The van der Waals surface area contributed by atoms with Crippen LogP contribution in [-0.2, 0) is 4.74 Å². The molecule has 2 saturated heterocycles. The molecule has 2 atom stereocenters. The van der Waals surface area contributed by atoms with Crippen molar-refractivity contribution in [2.24, 2.45) is 0 Å². The molecule has 0 saturated carbocycles. The Hall–Kier alpha value is -1.36. The van der Waals surface area contributed by atoms with Gasteiger partial charge < -0.3 is 19.9 Å². The summed E-state index contributed by atoms with van der Waals surface area (Å²) in [7, 11) is 1.82. The smallest absolute Gasteiger partial charge is 0.0710 e. The molecule has 1 aromatic heterocycles. The standard InChI is InChI=1S/C20H29N3O/c1-24-17-12-16(21-13-17)8-11-23-9-6-15(7-10-23)19-14-22-20-5-3-2-4-18(19)20/h2-5,14-17,21-22H,6-13H2,1H3. The van der Waals surface area contributed by atoms with Crippen molar-refractivity contribution in [1.29, 1.82) is 0 Å². The molecule has 130 valence electrons. The molecule has 2 aromatic rings. The van der Waals surface area contributed by atoms with E-state index < -0.39 is 0 Å². The molecular weight excluding hydrogens is 298 g/mol. The molecule has 0 radical (unpaired) electrons. The van der Waals surface area contributed by atoms with E-state index in [2.05, 4.69) is 45.7 Å². The van der Waals surface area contributed by atoms with E-state index in [9.17, 15) is 0 Å². The van der Waals surface area contributed by atoms with Crippen molar-refractivity contribution in [3.63, 3.8) is 0 Å². The predicted molar refractivity (Wildman–Crippen MR) is 98.5 cm³/mol. The van der Waals surface area contributed by atoms with Crippen LogP contribution in [0.2, 0.25) is 0 Å². The summed E-state index contributed by atoms with van der Waals surface area (Å²) >= 11 is 0. The first-order valence-electron chi connectivity index (χ1n) is 9.38. The molecule has 24 heavy (non-hydrogen) atoms. The first-order valence-corrected chi connectivity index (χ1v) is 9.38. The largest absolute Gasteiger partial charge is 0.380 e. The zero-order valence-electron chi connectivity index (χ0n) is 14.6. The highest BCUT2D eigenvalue weighted by Crippen LogP contribution is 2.33. The lowest BCUT2D eigenvalue weighted by Gasteiger charge is -2.32. The van der Waals surface area contributed by atoms with E-state index in [0.717, 1.165) is 6.54 Å². The van der Waals surface area contributed by atoms with E-state index in [1.54, 1.807) is 0 Å². The number of hydrogen-bond acceptors (Lipinski definition) is 3. The second-order valence-corrected chi connectivity index (χ2v) is 7.39. The Balaban J connectivity index is 1.28. The minimum absolute atomic E-state index is 0.419. The van der Waals surface area contributed by atoms with E-state index in [0.29, 0.717) is 18.1 Å². The molecule has 2 unspecified atom stereocenters. The summed E-state index contributed by atoms with van der Waals surface area (Å²) in [5.74, 6) is 0.708. The molecule has 0 bridgehead atoms. The van der Waals surface area contributed by atoms with E-state index in [1.165, 1.54) is 61.8 Å². The van der Waals surface area contributed by atoms with Crippen molar-refractivity contribution in [1.82, 2.24) is 15.2 Å². The van der Waals surface area contributed by atoms with Gasteiger partial charge in [0.15, 0.2) is 0 Å². The molecule has 3 heterocycles. The van der Waals surface area contributed by atoms with E-state index in [-0.39, 0.29) is 0 Å². The number of benzene rings is 1. The molecule has 0 amide bonds. The van der Waals surface area contributed by atoms with Crippen molar-refractivity contribution in [3.05, 3.63) is 36.0 Å². The Morgan fingerprint density at radius 3 is 2.83 bits per heavy atom. The second-order valence-electron chi connectivity index (χ2n) is 7.39. The highest BCUT2D eigenvalue weighted by Gasteiger charge is 2.26. The topological polar surface area (TPSA) is 40.3 Å². The van der Waals surface area contributed by atoms with Crippen molar-refractivity contribution in [2.75, 3.05) is 33.3 Å². The minimum Gasteiger partial charge on any atom is -0.380 e. The molecule has 4 nitrogen and oxygen atoms in total. The molecule has 0 aliphatic carbocycles. The molecule has 2 aliphatic heterocycles. The number of likely N-dealkylation sites (tertiary alicyclic amines) is 1. The quantitative estimate of drug-likeness (QED) is 0.886. The van der Waals surface area contributed by atoms with Gasteiger partial charge in [-0.15, -0.1) is 0 Å². The van der Waals surface area contributed by atoms with Crippen LogP contribution in [0, 0.1) is 0 Å². The van der Waals surface area contributed by atoms with Gasteiger partial charge in [0, 0.05) is 36.8 Å². The number of ether oxygens (including phenoxy) is 1. The molecule has 2 aliphatic rings. The zero-order chi connectivity index (χ0) is 16.4. The van der Waals surface area contributed by atoms with Gasteiger partial charge in [-0.1, -0.05) is 18.2 Å². The number of H-pyrrole nitrogens is 1. The lowest BCUT2D eigenvalue weighted by atomic mass is 9.89. The summed E-state index contributed by atoms with van der Waals surface area (Å²) in [6.07, 6.45) is 7.63. The molecule has 4 heteroatoms. The van der Waals surface area contributed by atoms with Gasteiger partial charge in [0.25, 0.3) is 0 Å². The highest BCUT2D eigenvalue weighted by molar-refractivity contribution is 5.83. The van der Waals surface area contributed by atoms with Crippen LogP contribution in [0.1, 0.15) is 37.2 Å². The van der Waals surface area contributed by atoms with E-state index >= 15 is 0 Å². The number of nitrogens with one attached hydrogen (secondary N) is 2. The van der Waals surface area contributed by atoms with Gasteiger partial charge in [0.1, 0.15) is 0 Å². The Bertz CT molecular complexity index is 660. The summed E-state index contributed by atoms with van der Waals surface area (Å²) < 4.78 is 5.44. The average Bonchev–Trinajstić information content (AvgIpc) is 3.27. The third-order valence-electron chi connectivity index (χ3n) is 5.96. The molecular formula is C20H29N3O. The minimum atomic E-state index is 0.419. The van der Waals surface area contributed by atoms with Crippen LogP contribution < -0.4 is 5.32 Å². The summed E-state index contributed by atoms with van der Waals surface area (Å²) in [5, 5.41) is 5.01. The first kappa shape index (κ1) is 16.1. The lowest BCUT2D eigenvalue weighted by molar-refractivity contribution is 0.116. The molecule has 0 spiro atoms. The number of aromatic amines is 1. The Morgan fingerprint density at radius 2 is 2.04 bits per heavy atom. The van der Waals surface area contributed by atoms with Gasteiger partial charge in [-0.2, -0.15) is 0 Å². The number of nitrogens with zero attached hydrogens (tertiary/aromatic N) is 1. The zero-order valence-corrected chi connectivity index (χ0v) is 14.6. The van der Waals surface area contributed by atoms with Crippen molar-refractivity contribution >= 4 is 10.9 Å². The van der Waals surface area contributed by atoms with Gasteiger partial charge in [-0.25, -0.2) is 0 Å². The number of piperidine rings is 1. The van der Waals surface area contributed by atoms with Crippen molar-refractivity contribution < 1.29 is 4.74 Å². The SMILES string of the molecule is COC1CNC(CCN2CCC(c3c[nH]c4ccccc34)CC2)C1. The monoisotopic (exact) mass is 327 g/mol. The summed E-state index contributed by atoms with van der Waals surface area (Å²) in [5.41, 5.74) is 2.79. The van der Waals surface area contributed by atoms with Crippen LogP contribution in [0.5, 0.6) is 0 Å². The normalized spacial score (nSPS) is 26.4. The van der Waals surface area contributed by atoms with Crippen molar-refractivity contribution in [3.8, 4) is 0 Å². The maximum atomic E-state index is 5.44. The van der Waals surface area contributed by atoms with E-state index in [1.807, 2.05) is 7.11 Å². The third kappa shape index (κ3) is 3.37. The molecule has 2 fully saturated rings. The summed E-state index contributed by atoms with van der Waals surface area (Å²) in [4.78, 5) is 6.08. The Labute approximate surface area is 144 Å². The fraction of sp³-hybridized carbons (Fsp3) is 0.600. The summed E-state index contributed by atoms with van der Waals surface area (Å²) in [6.45, 7) is 4.69. The number of fused-ring (bicyclic) bond motifs is 1. The number of methoxy groups -OCH3 is 1. The lowest BCUT2D eigenvalue weighted by Crippen LogP contribution is -2.36. The van der Waals surface area contributed by atoms with Gasteiger partial charge in [0.05, 0.1) is 6.10 Å². The summed E-state index contributed by atoms with van der Waals surface area (Å²) in [6, 6.07) is 9.33. The number of hydrogen-bond donors (Lipinski definition) is 2. The van der Waals surface area contributed by atoms with Gasteiger partial charge in [-0.05, 0) is 62.9 Å². The first-order chi connectivity index (χ1) is 11.8. The average molecular weight is 327 g/mol. The maximum absolute atomic E-state index is 5.44. The second kappa shape index (κ2) is 7.26. The van der Waals surface area contributed by atoms with Crippen molar-refractivity contribution in [2.45, 2.75) is 43.7 Å². The highest BCUT2D eigenvalue weighted by atomic mass is 16.5. The molecule has 1 aromatic carbocycles. The third-order valence-corrected chi connectivity index (χ3v) is 5.96. The molecule has 2 N–H and O–H groups in total. The fourth-order valence-electron chi connectivity index (χ4n) is 4.42. The van der Waals surface area contributed by atoms with Crippen LogP contribution in [-0.4, -0.2) is 55.3 Å². The van der Waals surface area contributed by atoms with Crippen LogP contribution in [0.15, 0.2) is 30.5 Å². The van der Waals surface area contributed by atoms with Gasteiger partial charge in [-0.3, -0.25) is 0 Å². The fourth-order valence-corrected chi connectivity index (χ4v) is 4.42. The van der Waals surface area contributed by atoms with Gasteiger partial charge >= 0.3 is 0 Å². The number of para-hydroxylation sites is 1. The maximum Gasteiger partial charge on any atom is 0.0710 e. The van der Waals surface area contributed by atoms with Crippen LogP contribution in [0.3, 0.4) is 0 Å². The molecule has 4 rings (SSSR count).